The van der Waals surface area contributed by atoms with Crippen LogP contribution in [0.4, 0.5) is 0 Å². The number of nitrogens with one attached hydrogen (secondary N) is 2. The van der Waals surface area contributed by atoms with Crippen molar-refractivity contribution in [3.63, 3.8) is 0 Å². The Kier molecular flexibility index (Phi) is 7.22. The predicted octanol–water partition coefficient (Wildman–Crippen LogP) is 3.96. The molecule has 5 nitrogen and oxygen atoms in total. The van der Waals surface area contributed by atoms with Crippen molar-refractivity contribution in [2.45, 2.75) is 20.0 Å². The molecule has 0 atom stereocenters. The standard InChI is InChI=1S/C18H21Cl2N3O2/c1-3-21-18(22-10-12-7-8-14(19)9-15(12)20)23-11-13-5-4-6-16(25-2)17(13)24/h4-9,24H,3,10-11H2,1-2H3,(H2,21,22,23). The Morgan fingerprint density at radius 1 is 1.16 bits per heavy atom. The van der Waals surface area contributed by atoms with Crippen LogP contribution in [0.15, 0.2) is 41.4 Å². The Bertz CT molecular complexity index is 751. The number of methoxy groups -OCH3 is 1. The summed E-state index contributed by atoms with van der Waals surface area (Å²) in [5.41, 5.74) is 1.60. The number of benzene rings is 2. The van der Waals surface area contributed by atoms with Gasteiger partial charge in [-0.3, -0.25) is 0 Å². The number of guanidine groups is 1. The number of phenolic OH excluding ortho intramolecular Hbond substituents is 1. The number of aromatic hydroxyl groups is 1. The van der Waals surface area contributed by atoms with Crippen molar-refractivity contribution in [3.05, 3.63) is 57.6 Å². The lowest BCUT2D eigenvalue weighted by atomic mass is 10.2. The van der Waals surface area contributed by atoms with Crippen LogP contribution >= 0.6 is 23.2 Å². The minimum atomic E-state index is 0.102. The molecule has 2 aromatic rings. The molecular weight excluding hydrogens is 361 g/mol. The van der Waals surface area contributed by atoms with E-state index in [2.05, 4.69) is 15.6 Å². The van der Waals surface area contributed by atoms with Crippen molar-refractivity contribution in [2.24, 2.45) is 4.99 Å². The fraction of sp³-hybridized carbons (Fsp3) is 0.278. The van der Waals surface area contributed by atoms with E-state index in [0.717, 1.165) is 5.56 Å². The van der Waals surface area contributed by atoms with Crippen LogP contribution in [0.1, 0.15) is 18.1 Å². The number of phenols is 1. The minimum absolute atomic E-state index is 0.102. The van der Waals surface area contributed by atoms with E-state index in [1.165, 1.54) is 7.11 Å². The summed E-state index contributed by atoms with van der Waals surface area (Å²) >= 11 is 12.1. The fourth-order valence-corrected chi connectivity index (χ4v) is 2.69. The quantitative estimate of drug-likeness (QED) is 0.523. The Balaban J connectivity index is 2.08. The van der Waals surface area contributed by atoms with E-state index in [9.17, 15) is 5.11 Å². The lowest BCUT2D eigenvalue weighted by molar-refractivity contribution is 0.370. The van der Waals surface area contributed by atoms with E-state index < -0.39 is 0 Å². The summed E-state index contributed by atoms with van der Waals surface area (Å²) in [5, 5.41) is 17.7. The molecule has 0 aliphatic carbocycles. The largest absolute Gasteiger partial charge is 0.504 e. The van der Waals surface area contributed by atoms with Crippen molar-refractivity contribution in [3.8, 4) is 11.5 Å². The predicted molar refractivity (Wildman–Crippen MR) is 103 cm³/mol. The Morgan fingerprint density at radius 3 is 2.64 bits per heavy atom. The van der Waals surface area contributed by atoms with Gasteiger partial charge in [-0.2, -0.15) is 0 Å². The van der Waals surface area contributed by atoms with Gasteiger partial charge in [-0.1, -0.05) is 41.4 Å². The molecule has 0 saturated carbocycles. The molecule has 7 heteroatoms. The normalized spacial score (nSPS) is 11.3. The van der Waals surface area contributed by atoms with Crippen LogP contribution in [0.5, 0.6) is 11.5 Å². The molecule has 3 N–H and O–H groups in total. The zero-order chi connectivity index (χ0) is 18.2. The molecule has 0 saturated heterocycles. The molecule has 0 aliphatic rings. The van der Waals surface area contributed by atoms with Gasteiger partial charge in [0.15, 0.2) is 17.5 Å². The fourth-order valence-electron chi connectivity index (χ4n) is 2.21. The maximum atomic E-state index is 10.1. The zero-order valence-electron chi connectivity index (χ0n) is 14.1. The van der Waals surface area contributed by atoms with Crippen molar-refractivity contribution in [1.82, 2.24) is 10.6 Å². The number of rotatable bonds is 6. The van der Waals surface area contributed by atoms with E-state index in [4.69, 9.17) is 27.9 Å². The van der Waals surface area contributed by atoms with Crippen LogP contribution in [0.2, 0.25) is 10.0 Å². The second-order valence-corrected chi connectivity index (χ2v) is 6.10. The van der Waals surface area contributed by atoms with Gasteiger partial charge in [0.25, 0.3) is 0 Å². The zero-order valence-corrected chi connectivity index (χ0v) is 15.7. The first-order chi connectivity index (χ1) is 12.0. The maximum Gasteiger partial charge on any atom is 0.191 e. The van der Waals surface area contributed by atoms with Crippen molar-refractivity contribution >= 4 is 29.2 Å². The minimum Gasteiger partial charge on any atom is -0.504 e. The number of para-hydroxylation sites is 1. The number of hydrogen-bond donors (Lipinski definition) is 3. The third-order valence-corrected chi connectivity index (χ3v) is 4.10. The summed E-state index contributed by atoms with van der Waals surface area (Å²) in [7, 11) is 1.52. The van der Waals surface area contributed by atoms with Crippen LogP contribution in [0.3, 0.4) is 0 Å². The maximum absolute atomic E-state index is 10.1. The number of ether oxygens (including phenoxy) is 1. The summed E-state index contributed by atoms with van der Waals surface area (Å²) in [4.78, 5) is 4.49. The molecule has 0 aliphatic heterocycles. The molecule has 134 valence electrons. The SMILES string of the molecule is CCNC(=NCc1cccc(OC)c1O)NCc1ccc(Cl)cc1Cl. The number of halogens is 2. The Morgan fingerprint density at radius 2 is 1.96 bits per heavy atom. The lowest BCUT2D eigenvalue weighted by Crippen LogP contribution is -2.36. The van der Waals surface area contributed by atoms with Gasteiger partial charge in [-0.05, 0) is 30.7 Å². The van der Waals surface area contributed by atoms with E-state index in [1.807, 2.05) is 19.1 Å². The van der Waals surface area contributed by atoms with E-state index >= 15 is 0 Å². The second-order valence-electron chi connectivity index (χ2n) is 5.25. The monoisotopic (exact) mass is 381 g/mol. The molecule has 0 radical (unpaired) electrons. The molecule has 0 aromatic heterocycles. The Hall–Kier alpha value is -2.11. The van der Waals surface area contributed by atoms with E-state index in [-0.39, 0.29) is 5.75 Å². The van der Waals surface area contributed by atoms with Gasteiger partial charge in [0, 0.05) is 28.7 Å². The van der Waals surface area contributed by atoms with E-state index in [0.29, 0.717) is 47.0 Å². The third-order valence-electron chi connectivity index (χ3n) is 3.52. The molecule has 0 bridgehead atoms. The summed E-state index contributed by atoms with van der Waals surface area (Å²) in [6, 6.07) is 10.7. The van der Waals surface area contributed by atoms with Gasteiger partial charge in [0.05, 0.1) is 13.7 Å². The highest BCUT2D eigenvalue weighted by molar-refractivity contribution is 6.35. The summed E-state index contributed by atoms with van der Waals surface area (Å²) in [5.74, 6) is 1.15. The number of aliphatic imine (C=N–C) groups is 1. The van der Waals surface area contributed by atoms with Crippen LogP contribution in [-0.2, 0) is 13.1 Å². The van der Waals surface area contributed by atoms with Gasteiger partial charge in [-0.15, -0.1) is 0 Å². The van der Waals surface area contributed by atoms with E-state index in [1.54, 1.807) is 24.3 Å². The van der Waals surface area contributed by atoms with Crippen LogP contribution < -0.4 is 15.4 Å². The highest BCUT2D eigenvalue weighted by Gasteiger charge is 2.08. The summed E-state index contributed by atoms with van der Waals surface area (Å²) < 4.78 is 5.11. The molecule has 2 aromatic carbocycles. The topological polar surface area (TPSA) is 65.9 Å². The van der Waals surface area contributed by atoms with Gasteiger partial charge in [-0.25, -0.2) is 4.99 Å². The highest BCUT2D eigenvalue weighted by Crippen LogP contribution is 2.29. The highest BCUT2D eigenvalue weighted by atomic mass is 35.5. The van der Waals surface area contributed by atoms with Crippen LogP contribution in [0, 0.1) is 0 Å². The van der Waals surface area contributed by atoms with Gasteiger partial charge < -0.3 is 20.5 Å². The molecule has 0 fully saturated rings. The molecule has 2 rings (SSSR count). The molecular formula is C18H21Cl2N3O2. The molecule has 25 heavy (non-hydrogen) atoms. The van der Waals surface area contributed by atoms with Crippen LogP contribution in [-0.4, -0.2) is 24.7 Å². The van der Waals surface area contributed by atoms with Crippen molar-refractivity contribution in [1.29, 1.82) is 0 Å². The lowest BCUT2D eigenvalue weighted by Gasteiger charge is -2.13. The van der Waals surface area contributed by atoms with Crippen molar-refractivity contribution in [2.75, 3.05) is 13.7 Å². The summed E-state index contributed by atoms with van der Waals surface area (Å²) in [6.07, 6.45) is 0. The van der Waals surface area contributed by atoms with Gasteiger partial charge in [0.2, 0.25) is 0 Å². The van der Waals surface area contributed by atoms with Gasteiger partial charge in [0.1, 0.15) is 0 Å². The smallest absolute Gasteiger partial charge is 0.191 e. The molecule has 0 unspecified atom stereocenters. The summed E-state index contributed by atoms with van der Waals surface area (Å²) in [6.45, 7) is 3.51. The Labute approximate surface area is 157 Å². The number of nitrogens with zero attached hydrogens (tertiary/aromatic N) is 1. The molecule has 0 heterocycles. The number of hydrogen-bond acceptors (Lipinski definition) is 3. The second kappa shape index (κ2) is 9.39. The first-order valence-corrected chi connectivity index (χ1v) is 8.61. The molecule has 0 amide bonds. The average Bonchev–Trinajstić information content (AvgIpc) is 2.59. The third kappa shape index (κ3) is 5.44. The first kappa shape index (κ1) is 19.2. The van der Waals surface area contributed by atoms with Crippen molar-refractivity contribution < 1.29 is 9.84 Å². The first-order valence-electron chi connectivity index (χ1n) is 7.86. The average molecular weight is 382 g/mol. The van der Waals surface area contributed by atoms with Crippen LogP contribution in [0.25, 0.3) is 0 Å². The van der Waals surface area contributed by atoms with Gasteiger partial charge >= 0.3 is 0 Å². The molecule has 0 spiro atoms.